The minimum absolute atomic E-state index is 0.134. The van der Waals surface area contributed by atoms with Gasteiger partial charge < -0.3 is 10.1 Å². The first kappa shape index (κ1) is 16.1. The molecule has 1 N–H and O–H groups in total. The van der Waals surface area contributed by atoms with E-state index in [1.807, 2.05) is 24.3 Å². The Balaban J connectivity index is 1.87. The maximum atomic E-state index is 12.8. The van der Waals surface area contributed by atoms with Crippen molar-refractivity contribution in [2.24, 2.45) is 0 Å². The molecule has 0 aliphatic carbocycles. The van der Waals surface area contributed by atoms with Crippen molar-refractivity contribution in [1.82, 2.24) is 0 Å². The monoisotopic (exact) mass is 324 g/mol. The molecule has 24 heavy (non-hydrogen) atoms. The number of carbonyl (C=O) groups excluding carboxylic acids is 2. The fourth-order valence-corrected chi connectivity index (χ4v) is 2.97. The zero-order valence-corrected chi connectivity index (χ0v) is 13.8. The van der Waals surface area contributed by atoms with Crippen molar-refractivity contribution in [1.29, 1.82) is 0 Å². The van der Waals surface area contributed by atoms with Gasteiger partial charge in [0.1, 0.15) is 11.8 Å². The Morgan fingerprint density at radius 1 is 1.12 bits per heavy atom. The Hall–Kier alpha value is -2.82. The minimum atomic E-state index is -0.560. The van der Waals surface area contributed by atoms with Crippen molar-refractivity contribution >= 4 is 23.2 Å². The molecule has 2 aromatic rings. The second-order valence-electron chi connectivity index (χ2n) is 5.65. The molecule has 0 saturated carbocycles. The fourth-order valence-electron chi connectivity index (χ4n) is 2.97. The Morgan fingerprint density at radius 2 is 1.83 bits per heavy atom. The van der Waals surface area contributed by atoms with Crippen molar-refractivity contribution in [3.8, 4) is 5.75 Å². The Labute approximate surface area is 141 Å². The van der Waals surface area contributed by atoms with Crippen LogP contribution in [0.5, 0.6) is 5.75 Å². The number of aryl methyl sites for hydroxylation is 1. The van der Waals surface area contributed by atoms with Crippen molar-refractivity contribution in [3.05, 3.63) is 54.1 Å². The van der Waals surface area contributed by atoms with Crippen LogP contribution in [-0.4, -0.2) is 25.0 Å². The Kier molecular flexibility index (Phi) is 4.51. The third-order valence-corrected chi connectivity index (χ3v) is 4.20. The van der Waals surface area contributed by atoms with Crippen LogP contribution in [0.4, 0.5) is 11.4 Å². The minimum Gasteiger partial charge on any atom is -0.495 e. The average Bonchev–Trinajstić information content (AvgIpc) is 2.89. The first-order valence-corrected chi connectivity index (χ1v) is 8.00. The molecule has 0 spiro atoms. The summed E-state index contributed by atoms with van der Waals surface area (Å²) in [5.41, 5.74) is 2.50. The molecular formula is C19H20N2O3. The molecule has 0 aromatic heterocycles. The van der Waals surface area contributed by atoms with Gasteiger partial charge in [-0.1, -0.05) is 37.3 Å². The van der Waals surface area contributed by atoms with Crippen LogP contribution in [-0.2, 0) is 16.0 Å². The SMILES string of the molecule is CCc1ccccc1N[C@@H]1CC(=O)N(c2ccccc2OC)C1=O. The number of rotatable bonds is 5. The molecule has 1 aliphatic rings. The maximum absolute atomic E-state index is 12.8. The zero-order chi connectivity index (χ0) is 17.1. The van der Waals surface area contributed by atoms with Gasteiger partial charge in [-0.15, -0.1) is 0 Å². The van der Waals surface area contributed by atoms with E-state index >= 15 is 0 Å². The number of nitrogens with zero attached hydrogens (tertiary/aromatic N) is 1. The van der Waals surface area contributed by atoms with Gasteiger partial charge in [0, 0.05) is 5.69 Å². The summed E-state index contributed by atoms with van der Waals surface area (Å²) < 4.78 is 5.28. The second kappa shape index (κ2) is 6.74. The van der Waals surface area contributed by atoms with Crippen molar-refractivity contribution < 1.29 is 14.3 Å². The van der Waals surface area contributed by atoms with E-state index in [1.165, 1.54) is 12.0 Å². The Bertz CT molecular complexity index is 773. The number of anilines is 2. The summed E-state index contributed by atoms with van der Waals surface area (Å²) in [5, 5.41) is 3.22. The smallest absolute Gasteiger partial charge is 0.256 e. The van der Waals surface area contributed by atoms with Gasteiger partial charge in [0.2, 0.25) is 5.91 Å². The lowest BCUT2D eigenvalue weighted by atomic mass is 10.1. The maximum Gasteiger partial charge on any atom is 0.256 e. The number of ether oxygens (including phenoxy) is 1. The lowest BCUT2D eigenvalue weighted by Gasteiger charge is -2.19. The number of amides is 2. The predicted molar refractivity (Wildman–Crippen MR) is 93.3 cm³/mol. The number of carbonyl (C=O) groups is 2. The molecule has 2 amide bonds. The van der Waals surface area contributed by atoms with Gasteiger partial charge in [-0.05, 0) is 30.2 Å². The van der Waals surface area contributed by atoms with E-state index in [-0.39, 0.29) is 18.2 Å². The molecule has 0 unspecified atom stereocenters. The molecule has 1 aliphatic heterocycles. The topological polar surface area (TPSA) is 58.6 Å². The number of hydrogen-bond acceptors (Lipinski definition) is 4. The van der Waals surface area contributed by atoms with E-state index in [1.54, 1.807) is 24.3 Å². The van der Waals surface area contributed by atoms with E-state index in [4.69, 9.17) is 4.74 Å². The normalized spacial score (nSPS) is 17.2. The molecule has 124 valence electrons. The lowest BCUT2D eigenvalue weighted by Crippen LogP contribution is -2.35. The second-order valence-corrected chi connectivity index (χ2v) is 5.65. The number of benzene rings is 2. The quantitative estimate of drug-likeness (QED) is 0.859. The van der Waals surface area contributed by atoms with Crippen LogP contribution in [0.3, 0.4) is 0 Å². The van der Waals surface area contributed by atoms with E-state index in [0.29, 0.717) is 11.4 Å². The highest BCUT2D eigenvalue weighted by molar-refractivity contribution is 6.23. The van der Waals surface area contributed by atoms with Gasteiger partial charge in [0.05, 0.1) is 19.2 Å². The molecule has 1 saturated heterocycles. The fraction of sp³-hybridized carbons (Fsp3) is 0.263. The molecule has 1 heterocycles. The number of methoxy groups -OCH3 is 1. The third kappa shape index (κ3) is 2.85. The van der Waals surface area contributed by atoms with Crippen LogP contribution in [0, 0.1) is 0 Å². The molecule has 3 rings (SSSR count). The van der Waals surface area contributed by atoms with E-state index in [2.05, 4.69) is 12.2 Å². The highest BCUT2D eigenvalue weighted by Crippen LogP contribution is 2.32. The van der Waals surface area contributed by atoms with E-state index < -0.39 is 6.04 Å². The molecule has 1 fully saturated rings. The van der Waals surface area contributed by atoms with Crippen molar-refractivity contribution in [2.75, 3.05) is 17.3 Å². The molecule has 0 radical (unpaired) electrons. The van der Waals surface area contributed by atoms with Crippen LogP contribution in [0.15, 0.2) is 48.5 Å². The summed E-state index contributed by atoms with van der Waals surface area (Å²) in [4.78, 5) is 26.4. The number of nitrogens with one attached hydrogen (secondary N) is 1. The molecule has 0 bridgehead atoms. The van der Waals surface area contributed by atoms with Gasteiger partial charge in [0.25, 0.3) is 5.91 Å². The zero-order valence-electron chi connectivity index (χ0n) is 13.8. The number of hydrogen-bond donors (Lipinski definition) is 1. The van der Waals surface area contributed by atoms with Crippen LogP contribution in [0.1, 0.15) is 18.9 Å². The lowest BCUT2D eigenvalue weighted by molar-refractivity contribution is -0.121. The molecule has 1 atom stereocenters. The first-order valence-electron chi connectivity index (χ1n) is 8.00. The van der Waals surface area contributed by atoms with E-state index in [9.17, 15) is 9.59 Å². The van der Waals surface area contributed by atoms with Crippen molar-refractivity contribution in [2.45, 2.75) is 25.8 Å². The van der Waals surface area contributed by atoms with Gasteiger partial charge in [-0.2, -0.15) is 0 Å². The van der Waals surface area contributed by atoms with Crippen LogP contribution < -0.4 is 15.0 Å². The summed E-state index contributed by atoms with van der Waals surface area (Å²) in [6.45, 7) is 2.06. The van der Waals surface area contributed by atoms with Gasteiger partial charge in [-0.25, -0.2) is 4.90 Å². The summed E-state index contributed by atoms with van der Waals surface area (Å²) in [7, 11) is 1.52. The van der Waals surface area contributed by atoms with Gasteiger partial charge in [-0.3, -0.25) is 9.59 Å². The average molecular weight is 324 g/mol. The van der Waals surface area contributed by atoms with E-state index in [0.717, 1.165) is 17.7 Å². The standard InChI is InChI=1S/C19H20N2O3/c1-3-13-8-4-5-9-14(13)20-15-12-18(22)21(19(15)23)16-10-6-7-11-17(16)24-2/h4-11,15,20H,3,12H2,1-2H3/t15-/m1/s1. The summed E-state index contributed by atoms with van der Waals surface area (Å²) in [6.07, 6.45) is 0.989. The third-order valence-electron chi connectivity index (χ3n) is 4.20. The van der Waals surface area contributed by atoms with Crippen LogP contribution >= 0.6 is 0 Å². The summed E-state index contributed by atoms with van der Waals surface area (Å²) in [5.74, 6) is 0.0280. The van der Waals surface area contributed by atoms with Crippen LogP contribution in [0.2, 0.25) is 0 Å². The molecular weight excluding hydrogens is 304 g/mol. The number of para-hydroxylation sites is 3. The van der Waals surface area contributed by atoms with Crippen molar-refractivity contribution in [3.63, 3.8) is 0 Å². The summed E-state index contributed by atoms with van der Waals surface area (Å²) >= 11 is 0. The highest BCUT2D eigenvalue weighted by Gasteiger charge is 2.40. The first-order chi connectivity index (χ1) is 11.7. The Morgan fingerprint density at radius 3 is 2.58 bits per heavy atom. The number of imide groups is 1. The van der Waals surface area contributed by atoms with Gasteiger partial charge in [0.15, 0.2) is 0 Å². The van der Waals surface area contributed by atoms with Gasteiger partial charge >= 0.3 is 0 Å². The molecule has 5 heteroatoms. The summed E-state index contributed by atoms with van der Waals surface area (Å²) in [6, 6.07) is 14.3. The molecule has 2 aromatic carbocycles. The molecule has 5 nitrogen and oxygen atoms in total. The predicted octanol–water partition coefficient (Wildman–Crippen LogP) is 3.00. The highest BCUT2D eigenvalue weighted by atomic mass is 16.5. The van der Waals surface area contributed by atoms with Crippen LogP contribution in [0.25, 0.3) is 0 Å². The largest absolute Gasteiger partial charge is 0.495 e.